The minimum Gasteiger partial charge on any atom is -0.349 e. The van der Waals surface area contributed by atoms with Gasteiger partial charge in [-0.15, -0.1) is 0 Å². The van der Waals surface area contributed by atoms with Crippen LogP contribution in [-0.2, 0) is 4.79 Å². The third kappa shape index (κ3) is 5.25. The summed E-state index contributed by atoms with van der Waals surface area (Å²) in [6.07, 6.45) is 7.59. The standard InChI is InChI=1S/C27H33F2N7O3/c1-14-3-6-19(14)25(37)32-23(16-4-5-16)18-11-21-31-20(13-36(21)30-12-18)24(17-7-9-27(28,29)10-8-17)33-26(38)22-15(2)34-39-35-22/h11-14,16-17,19,23-24H,3-10H2,1-2H3,(H,32,37)(H,33,38)/t14-,19+,23?,24-/m0/s1. The molecule has 12 heteroatoms. The molecule has 3 aromatic rings. The first-order valence-electron chi connectivity index (χ1n) is 13.8. The lowest BCUT2D eigenvalue weighted by Gasteiger charge is -2.34. The SMILES string of the molecule is Cc1nonc1C(=O)N[C@H](c1cn2ncc(C(NC(=O)[C@@H]3CC[C@@H]3C)C3CC3)cc2n1)C1CCC(F)(F)CC1. The largest absolute Gasteiger partial charge is 0.349 e. The summed E-state index contributed by atoms with van der Waals surface area (Å²) in [7, 11) is 0. The van der Waals surface area contributed by atoms with E-state index < -0.39 is 17.9 Å². The van der Waals surface area contributed by atoms with E-state index in [1.807, 2.05) is 6.07 Å². The molecule has 6 rings (SSSR count). The Hall–Kier alpha value is -3.44. The topological polar surface area (TPSA) is 127 Å². The van der Waals surface area contributed by atoms with E-state index in [0.29, 0.717) is 28.9 Å². The van der Waals surface area contributed by atoms with Gasteiger partial charge in [0.2, 0.25) is 11.8 Å². The van der Waals surface area contributed by atoms with Gasteiger partial charge in [-0.1, -0.05) is 12.1 Å². The molecule has 3 aliphatic rings. The van der Waals surface area contributed by atoms with Gasteiger partial charge in [0.05, 0.1) is 30.2 Å². The molecule has 3 heterocycles. The van der Waals surface area contributed by atoms with Crippen LogP contribution in [0.5, 0.6) is 0 Å². The Labute approximate surface area is 224 Å². The molecule has 2 N–H and O–H groups in total. The third-order valence-corrected chi connectivity index (χ3v) is 8.77. The summed E-state index contributed by atoms with van der Waals surface area (Å²) in [5.41, 5.74) is 2.39. The highest BCUT2D eigenvalue weighted by Crippen LogP contribution is 2.43. The van der Waals surface area contributed by atoms with Gasteiger partial charge in [-0.05, 0) is 80.0 Å². The van der Waals surface area contributed by atoms with Crippen molar-refractivity contribution in [1.82, 2.24) is 35.5 Å². The highest BCUT2D eigenvalue weighted by Gasteiger charge is 2.41. The van der Waals surface area contributed by atoms with E-state index >= 15 is 0 Å². The van der Waals surface area contributed by atoms with Crippen molar-refractivity contribution in [2.45, 2.75) is 83.2 Å². The molecule has 208 valence electrons. The summed E-state index contributed by atoms with van der Waals surface area (Å²) in [5, 5.41) is 18.1. The monoisotopic (exact) mass is 541 g/mol. The number of rotatable bonds is 8. The number of nitrogens with zero attached hydrogens (tertiary/aromatic N) is 5. The number of hydrogen-bond donors (Lipinski definition) is 2. The zero-order valence-electron chi connectivity index (χ0n) is 22.1. The molecule has 2 amide bonds. The minimum absolute atomic E-state index is 0.0501. The zero-order valence-corrected chi connectivity index (χ0v) is 22.1. The van der Waals surface area contributed by atoms with Gasteiger partial charge in [-0.3, -0.25) is 9.59 Å². The van der Waals surface area contributed by atoms with Crippen molar-refractivity contribution in [3.05, 3.63) is 41.1 Å². The molecule has 3 fully saturated rings. The number of imidazole rings is 1. The van der Waals surface area contributed by atoms with E-state index in [1.165, 1.54) is 0 Å². The summed E-state index contributed by atoms with van der Waals surface area (Å²) in [4.78, 5) is 30.7. The Balaban J connectivity index is 1.27. The van der Waals surface area contributed by atoms with Crippen molar-refractivity contribution in [2.24, 2.45) is 23.7 Å². The van der Waals surface area contributed by atoms with Crippen molar-refractivity contribution in [3.63, 3.8) is 0 Å². The molecular weight excluding hydrogens is 508 g/mol. The van der Waals surface area contributed by atoms with E-state index in [2.05, 4.69) is 37.6 Å². The fourth-order valence-electron chi connectivity index (χ4n) is 5.93. The van der Waals surface area contributed by atoms with E-state index in [1.54, 1.807) is 23.8 Å². The highest BCUT2D eigenvalue weighted by molar-refractivity contribution is 5.93. The molecule has 39 heavy (non-hydrogen) atoms. The van der Waals surface area contributed by atoms with Crippen molar-refractivity contribution >= 4 is 17.5 Å². The maximum Gasteiger partial charge on any atom is 0.276 e. The molecule has 0 aromatic carbocycles. The fourth-order valence-corrected chi connectivity index (χ4v) is 5.93. The number of carbonyl (C=O) groups is 2. The summed E-state index contributed by atoms with van der Waals surface area (Å²) in [5.74, 6) is -2.49. The van der Waals surface area contributed by atoms with Gasteiger partial charge < -0.3 is 10.6 Å². The maximum absolute atomic E-state index is 14.0. The smallest absolute Gasteiger partial charge is 0.276 e. The molecular formula is C27H33F2N7O3. The minimum atomic E-state index is -2.70. The van der Waals surface area contributed by atoms with Crippen LogP contribution in [0.15, 0.2) is 23.1 Å². The highest BCUT2D eigenvalue weighted by atomic mass is 19.3. The summed E-state index contributed by atoms with van der Waals surface area (Å²) in [6, 6.07) is 1.18. The lowest BCUT2D eigenvalue weighted by Crippen LogP contribution is -2.41. The first-order chi connectivity index (χ1) is 18.7. The van der Waals surface area contributed by atoms with Crippen LogP contribution in [0.4, 0.5) is 8.78 Å². The number of nitrogens with one attached hydrogen (secondary N) is 2. The van der Waals surface area contributed by atoms with Gasteiger partial charge in [0.1, 0.15) is 5.69 Å². The molecule has 1 unspecified atom stereocenters. The average molecular weight is 542 g/mol. The second-order valence-corrected chi connectivity index (χ2v) is 11.6. The van der Waals surface area contributed by atoms with Crippen LogP contribution in [-0.4, -0.2) is 42.6 Å². The molecule has 0 spiro atoms. The molecule has 3 saturated carbocycles. The molecule has 4 atom stereocenters. The summed E-state index contributed by atoms with van der Waals surface area (Å²) >= 11 is 0. The quantitative estimate of drug-likeness (QED) is 0.435. The third-order valence-electron chi connectivity index (χ3n) is 8.77. The molecule has 10 nitrogen and oxygen atoms in total. The Morgan fingerprint density at radius 2 is 1.79 bits per heavy atom. The number of hydrogen-bond acceptors (Lipinski definition) is 7. The van der Waals surface area contributed by atoms with Gasteiger partial charge in [-0.2, -0.15) is 5.10 Å². The number of carbonyl (C=O) groups excluding carboxylic acids is 2. The van der Waals surface area contributed by atoms with E-state index in [-0.39, 0.29) is 55.2 Å². The summed E-state index contributed by atoms with van der Waals surface area (Å²) in [6.45, 7) is 3.72. The van der Waals surface area contributed by atoms with Crippen LogP contribution in [0.25, 0.3) is 5.65 Å². The molecule has 3 aliphatic carbocycles. The Morgan fingerprint density at radius 1 is 1.05 bits per heavy atom. The summed E-state index contributed by atoms with van der Waals surface area (Å²) < 4.78 is 34.2. The molecule has 0 radical (unpaired) electrons. The van der Waals surface area contributed by atoms with Gasteiger partial charge in [0, 0.05) is 18.8 Å². The number of fused-ring (bicyclic) bond motifs is 1. The second kappa shape index (κ2) is 9.95. The van der Waals surface area contributed by atoms with E-state index in [4.69, 9.17) is 4.98 Å². The van der Waals surface area contributed by atoms with Gasteiger partial charge in [0.25, 0.3) is 5.91 Å². The van der Waals surface area contributed by atoms with Crippen LogP contribution < -0.4 is 10.6 Å². The average Bonchev–Trinajstić information content (AvgIpc) is 3.50. The molecule has 0 aliphatic heterocycles. The number of aromatic nitrogens is 5. The number of halogens is 2. The van der Waals surface area contributed by atoms with Crippen molar-refractivity contribution in [2.75, 3.05) is 0 Å². The Morgan fingerprint density at radius 3 is 2.41 bits per heavy atom. The van der Waals surface area contributed by atoms with Crippen molar-refractivity contribution in [1.29, 1.82) is 0 Å². The number of aryl methyl sites for hydroxylation is 1. The van der Waals surface area contributed by atoms with Crippen LogP contribution >= 0.6 is 0 Å². The number of amides is 2. The lowest BCUT2D eigenvalue weighted by molar-refractivity contribution is -0.130. The Bertz CT molecular complexity index is 1370. The number of alkyl halides is 2. The predicted molar refractivity (Wildman–Crippen MR) is 135 cm³/mol. The van der Waals surface area contributed by atoms with Crippen molar-refractivity contribution < 1.29 is 23.0 Å². The lowest BCUT2D eigenvalue weighted by atomic mass is 9.74. The van der Waals surface area contributed by atoms with E-state index in [0.717, 1.165) is 31.2 Å². The molecule has 0 bridgehead atoms. The maximum atomic E-state index is 14.0. The fraction of sp³-hybridized carbons (Fsp3) is 0.630. The first-order valence-corrected chi connectivity index (χ1v) is 13.8. The van der Waals surface area contributed by atoms with Gasteiger partial charge in [0.15, 0.2) is 11.3 Å². The van der Waals surface area contributed by atoms with Gasteiger partial charge in [-0.25, -0.2) is 22.9 Å². The van der Waals surface area contributed by atoms with Gasteiger partial charge >= 0.3 is 0 Å². The van der Waals surface area contributed by atoms with E-state index in [9.17, 15) is 18.4 Å². The predicted octanol–water partition coefficient (Wildman–Crippen LogP) is 4.33. The molecule has 3 aromatic heterocycles. The Kier molecular flexibility index (Phi) is 6.58. The van der Waals surface area contributed by atoms with Crippen LogP contribution in [0.2, 0.25) is 0 Å². The van der Waals surface area contributed by atoms with Crippen LogP contribution in [0.3, 0.4) is 0 Å². The zero-order chi connectivity index (χ0) is 27.3. The second-order valence-electron chi connectivity index (χ2n) is 11.6. The normalized spacial score (nSPS) is 24.6. The molecule has 0 saturated heterocycles. The van der Waals surface area contributed by atoms with Crippen molar-refractivity contribution in [3.8, 4) is 0 Å². The first kappa shape index (κ1) is 25.8. The van der Waals surface area contributed by atoms with Crippen LogP contribution in [0, 0.1) is 30.6 Å². The van der Waals surface area contributed by atoms with Crippen LogP contribution in [0.1, 0.15) is 97.8 Å².